The first kappa shape index (κ1) is 21.6. The van der Waals surface area contributed by atoms with Crippen LogP contribution >= 0.6 is 21.6 Å². The average Bonchev–Trinajstić information content (AvgIpc) is 3.32. The number of nitrogens with zero attached hydrogens (tertiary/aromatic N) is 1. The number of aromatic amines is 1. The van der Waals surface area contributed by atoms with Gasteiger partial charge in [-0.1, -0.05) is 28.0 Å². The lowest BCUT2D eigenvalue weighted by Gasteiger charge is -2.14. The SMILES string of the molecule is O=C(CCCCC1CCSS1)NCCC(=O)NC(Cc1cnc[nH]1)C(=O)O. The molecule has 2 unspecified atom stereocenters. The molecule has 1 aliphatic rings. The fourth-order valence-corrected chi connectivity index (χ4v) is 5.74. The Kier molecular flexibility index (Phi) is 9.54. The summed E-state index contributed by atoms with van der Waals surface area (Å²) in [6, 6.07) is -1.03. The molecule has 2 atom stereocenters. The molecule has 0 saturated carbocycles. The largest absolute Gasteiger partial charge is 0.480 e. The number of aromatic nitrogens is 2. The maximum atomic E-state index is 11.9. The van der Waals surface area contributed by atoms with E-state index in [9.17, 15) is 19.5 Å². The number of carboxylic acids is 1. The van der Waals surface area contributed by atoms with Crippen LogP contribution in [-0.2, 0) is 20.8 Å². The second kappa shape index (κ2) is 11.9. The Labute approximate surface area is 166 Å². The van der Waals surface area contributed by atoms with Crippen molar-refractivity contribution in [2.24, 2.45) is 0 Å². The van der Waals surface area contributed by atoms with Gasteiger partial charge in [-0.2, -0.15) is 0 Å². The zero-order valence-electron chi connectivity index (χ0n) is 15.1. The van der Waals surface area contributed by atoms with Gasteiger partial charge in [0.05, 0.1) is 6.33 Å². The number of carboxylic acid groups (broad SMARTS) is 1. The summed E-state index contributed by atoms with van der Waals surface area (Å²) in [5.41, 5.74) is 0.630. The summed E-state index contributed by atoms with van der Waals surface area (Å²) in [6.07, 6.45) is 7.92. The molecule has 2 heterocycles. The van der Waals surface area contributed by atoms with Crippen molar-refractivity contribution in [1.29, 1.82) is 0 Å². The molecule has 1 aromatic heterocycles. The zero-order chi connectivity index (χ0) is 19.5. The van der Waals surface area contributed by atoms with Gasteiger partial charge in [-0.25, -0.2) is 9.78 Å². The third-order valence-electron chi connectivity index (χ3n) is 4.19. The van der Waals surface area contributed by atoms with Gasteiger partial charge in [0.2, 0.25) is 11.8 Å². The van der Waals surface area contributed by atoms with Crippen molar-refractivity contribution < 1.29 is 19.5 Å². The highest BCUT2D eigenvalue weighted by Crippen LogP contribution is 2.39. The molecule has 150 valence electrons. The molecule has 10 heteroatoms. The number of rotatable bonds is 12. The first-order chi connectivity index (χ1) is 13.0. The second-order valence-electron chi connectivity index (χ2n) is 6.41. The Morgan fingerprint density at radius 3 is 2.81 bits per heavy atom. The molecule has 1 fully saturated rings. The standard InChI is InChI=1S/C17H26N4O4S2/c22-15(4-2-1-3-13-6-8-26-27-13)19-7-5-16(23)21-14(17(24)25)9-12-10-18-11-20-12/h10-11,13-14H,1-9H2,(H,18,20)(H,19,22)(H,21,23)(H,24,25). The molecule has 1 aliphatic heterocycles. The van der Waals surface area contributed by atoms with Crippen LogP contribution in [0.25, 0.3) is 0 Å². The summed E-state index contributed by atoms with van der Waals surface area (Å²) in [7, 11) is 3.88. The van der Waals surface area contributed by atoms with E-state index in [4.69, 9.17) is 0 Å². The third-order valence-corrected chi connectivity index (χ3v) is 7.20. The minimum atomic E-state index is -1.11. The van der Waals surface area contributed by atoms with Crippen LogP contribution in [0.2, 0.25) is 0 Å². The van der Waals surface area contributed by atoms with Crippen LogP contribution in [0.3, 0.4) is 0 Å². The highest BCUT2D eigenvalue weighted by molar-refractivity contribution is 8.77. The summed E-state index contributed by atoms with van der Waals surface area (Å²) in [5.74, 6) is -0.357. The molecular formula is C17H26N4O4S2. The van der Waals surface area contributed by atoms with Crippen molar-refractivity contribution in [3.05, 3.63) is 18.2 Å². The van der Waals surface area contributed by atoms with Crippen molar-refractivity contribution in [2.45, 2.75) is 56.2 Å². The molecule has 0 radical (unpaired) electrons. The Hall–Kier alpha value is -1.68. The minimum Gasteiger partial charge on any atom is -0.480 e. The summed E-state index contributed by atoms with van der Waals surface area (Å²) in [5, 5.41) is 15.1. The molecular weight excluding hydrogens is 388 g/mol. The lowest BCUT2D eigenvalue weighted by Crippen LogP contribution is -2.43. The number of H-pyrrole nitrogens is 1. The number of imidazole rings is 1. The van der Waals surface area contributed by atoms with Gasteiger partial charge in [0, 0.05) is 48.7 Å². The Balaban J connectivity index is 1.55. The van der Waals surface area contributed by atoms with Gasteiger partial charge < -0.3 is 20.7 Å². The topological polar surface area (TPSA) is 124 Å². The number of unbranched alkanes of at least 4 members (excludes halogenated alkanes) is 1. The molecule has 2 amide bonds. The lowest BCUT2D eigenvalue weighted by atomic mass is 10.1. The molecule has 27 heavy (non-hydrogen) atoms. The predicted octanol–water partition coefficient (Wildman–Crippen LogP) is 1.74. The van der Waals surface area contributed by atoms with E-state index in [0.717, 1.165) is 24.5 Å². The molecule has 0 aromatic carbocycles. The molecule has 0 spiro atoms. The number of aliphatic carboxylic acids is 1. The van der Waals surface area contributed by atoms with Crippen molar-refractivity contribution >= 4 is 39.4 Å². The van der Waals surface area contributed by atoms with E-state index in [1.54, 1.807) is 0 Å². The number of carbonyl (C=O) groups excluding carboxylic acids is 2. The number of carbonyl (C=O) groups is 3. The zero-order valence-corrected chi connectivity index (χ0v) is 16.7. The third kappa shape index (κ3) is 8.70. The summed E-state index contributed by atoms with van der Waals surface area (Å²) in [4.78, 5) is 41.6. The van der Waals surface area contributed by atoms with Crippen LogP contribution in [0.1, 0.15) is 44.2 Å². The van der Waals surface area contributed by atoms with E-state index < -0.39 is 17.9 Å². The monoisotopic (exact) mass is 414 g/mol. The first-order valence-corrected chi connectivity index (χ1v) is 11.5. The van der Waals surface area contributed by atoms with Gasteiger partial charge in [-0.05, 0) is 19.3 Å². The van der Waals surface area contributed by atoms with E-state index in [2.05, 4.69) is 20.6 Å². The fourth-order valence-electron chi connectivity index (χ4n) is 2.71. The van der Waals surface area contributed by atoms with E-state index in [1.165, 1.54) is 24.7 Å². The van der Waals surface area contributed by atoms with Crippen LogP contribution in [0.4, 0.5) is 0 Å². The molecule has 2 rings (SSSR count). The Morgan fingerprint density at radius 1 is 1.30 bits per heavy atom. The number of nitrogens with one attached hydrogen (secondary N) is 3. The molecule has 1 aromatic rings. The van der Waals surface area contributed by atoms with Crippen molar-refractivity contribution in [3.8, 4) is 0 Å². The van der Waals surface area contributed by atoms with Crippen LogP contribution in [0.15, 0.2) is 12.5 Å². The average molecular weight is 415 g/mol. The summed E-state index contributed by atoms with van der Waals surface area (Å²) in [6.45, 7) is 0.205. The smallest absolute Gasteiger partial charge is 0.326 e. The van der Waals surface area contributed by atoms with E-state index >= 15 is 0 Å². The van der Waals surface area contributed by atoms with Crippen LogP contribution in [0, 0.1) is 0 Å². The summed E-state index contributed by atoms with van der Waals surface area (Å²) < 4.78 is 0. The molecule has 1 saturated heterocycles. The van der Waals surface area contributed by atoms with Gasteiger partial charge in [0.1, 0.15) is 6.04 Å². The van der Waals surface area contributed by atoms with E-state index in [-0.39, 0.29) is 25.3 Å². The van der Waals surface area contributed by atoms with Crippen molar-refractivity contribution in [1.82, 2.24) is 20.6 Å². The van der Waals surface area contributed by atoms with Gasteiger partial charge in [-0.15, -0.1) is 0 Å². The highest BCUT2D eigenvalue weighted by atomic mass is 33.1. The maximum absolute atomic E-state index is 11.9. The molecule has 0 aliphatic carbocycles. The number of amides is 2. The minimum absolute atomic E-state index is 0.0500. The van der Waals surface area contributed by atoms with E-state index in [0.29, 0.717) is 12.1 Å². The van der Waals surface area contributed by atoms with E-state index in [1.807, 2.05) is 21.6 Å². The van der Waals surface area contributed by atoms with Gasteiger partial charge >= 0.3 is 5.97 Å². The Bertz CT molecular complexity index is 606. The predicted molar refractivity (Wildman–Crippen MR) is 106 cm³/mol. The summed E-state index contributed by atoms with van der Waals surface area (Å²) >= 11 is 0. The van der Waals surface area contributed by atoms with Crippen LogP contribution < -0.4 is 10.6 Å². The lowest BCUT2D eigenvalue weighted by molar-refractivity contribution is -0.141. The highest BCUT2D eigenvalue weighted by Gasteiger charge is 2.21. The van der Waals surface area contributed by atoms with Crippen molar-refractivity contribution in [3.63, 3.8) is 0 Å². The molecule has 0 bridgehead atoms. The fraction of sp³-hybridized carbons (Fsp3) is 0.647. The van der Waals surface area contributed by atoms with Crippen LogP contribution in [0.5, 0.6) is 0 Å². The number of hydrogen-bond donors (Lipinski definition) is 4. The van der Waals surface area contributed by atoms with Gasteiger partial charge in [-0.3, -0.25) is 9.59 Å². The first-order valence-electron chi connectivity index (χ1n) is 9.09. The maximum Gasteiger partial charge on any atom is 0.326 e. The second-order valence-corrected chi connectivity index (χ2v) is 9.20. The molecule has 8 nitrogen and oxygen atoms in total. The van der Waals surface area contributed by atoms with Crippen molar-refractivity contribution in [2.75, 3.05) is 12.3 Å². The molecule has 4 N–H and O–H groups in total. The quantitative estimate of drug-likeness (QED) is 0.303. The normalized spacial score (nSPS) is 17.4. The van der Waals surface area contributed by atoms with Gasteiger partial charge in [0.15, 0.2) is 0 Å². The Morgan fingerprint density at radius 2 is 2.15 bits per heavy atom. The van der Waals surface area contributed by atoms with Crippen LogP contribution in [-0.4, -0.2) is 56.4 Å². The van der Waals surface area contributed by atoms with Gasteiger partial charge in [0.25, 0.3) is 0 Å². The number of hydrogen-bond acceptors (Lipinski definition) is 6.